The first-order valence-electron chi connectivity index (χ1n) is 3.96. The van der Waals surface area contributed by atoms with E-state index in [0.717, 1.165) is 0 Å². The molecule has 0 bridgehead atoms. The standard InChI is InChI=1S/C6H11N3O5/c7-9-8-6-5(13)4(12)3(11)2(1-10)14-6/h2-6,10-13H,1H2/t2-,3+,4-,5-,6-/m1/s1. The minimum absolute atomic E-state index is 0.539. The van der Waals surface area contributed by atoms with Gasteiger partial charge in [0.05, 0.1) is 6.61 Å². The molecule has 0 aliphatic carbocycles. The zero-order chi connectivity index (χ0) is 10.7. The molecule has 0 aromatic carbocycles. The average molecular weight is 205 g/mol. The second-order valence-corrected chi connectivity index (χ2v) is 2.92. The normalized spacial score (nSPS) is 43.0. The molecule has 4 N–H and O–H groups in total. The minimum atomic E-state index is -1.50. The van der Waals surface area contributed by atoms with Crippen molar-refractivity contribution in [1.29, 1.82) is 0 Å². The molecule has 0 spiro atoms. The molecule has 5 atom stereocenters. The van der Waals surface area contributed by atoms with E-state index in [9.17, 15) is 15.3 Å². The molecule has 1 saturated heterocycles. The summed E-state index contributed by atoms with van der Waals surface area (Å²) in [7, 11) is 0. The van der Waals surface area contributed by atoms with Gasteiger partial charge in [0.15, 0.2) is 6.23 Å². The summed E-state index contributed by atoms with van der Waals surface area (Å²) in [5.74, 6) is 0. The third kappa shape index (κ3) is 1.95. The van der Waals surface area contributed by atoms with Crippen LogP contribution in [0, 0.1) is 0 Å². The van der Waals surface area contributed by atoms with Gasteiger partial charge in [0.1, 0.15) is 24.4 Å². The first-order valence-corrected chi connectivity index (χ1v) is 3.96. The van der Waals surface area contributed by atoms with Crippen molar-refractivity contribution in [3.8, 4) is 0 Å². The topological polar surface area (TPSA) is 139 Å². The Labute approximate surface area is 79.0 Å². The number of hydrogen-bond acceptors (Lipinski definition) is 6. The van der Waals surface area contributed by atoms with Crippen molar-refractivity contribution in [3.63, 3.8) is 0 Å². The molecule has 8 heteroatoms. The van der Waals surface area contributed by atoms with Gasteiger partial charge in [-0.1, -0.05) is 5.11 Å². The van der Waals surface area contributed by atoms with Crippen LogP contribution in [0.15, 0.2) is 5.11 Å². The largest absolute Gasteiger partial charge is 0.394 e. The Morgan fingerprint density at radius 2 is 1.86 bits per heavy atom. The van der Waals surface area contributed by atoms with Crippen molar-refractivity contribution in [2.24, 2.45) is 5.11 Å². The molecule has 1 aliphatic rings. The van der Waals surface area contributed by atoms with Crippen LogP contribution in [0.25, 0.3) is 10.4 Å². The Morgan fingerprint density at radius 1 is 1.21 bits per heavy atom. The van der Waals surface area contributed by atoms with Crippen LogP contribution in [0.5, 0.6) is 0 Å². The monoisotopic (exact) mass is 205 g/mol. The molecule has 1 heterocycles. The lowest BCUT2D eigenvalue weighted by molar-refractivity contribution is -0.227. The number of hydrogen-bond donors (Lipinski definition) is 4. The number of rotatable bonds is 2. The Hall–Kier alpha value is -0.890. The summed E-state index contributed by atoms with van der Waals surface area (Å²) in [5.41, 5.74) is 8.11. The number of aliphatic hydroxyl groups is 4. The molecule has 0 saturated carbocycles. The Balaban J connectivity index is 2.77. The molecule has 0 aromatic rings. The van der Waals surface area contributed by atoms with Gasteiger partial charge in [-0.3, -0.25) is 0 Å². The van der Waals surface area contributed by atoms with Crippen LogP contribution in [0.4, 0.5) is 0 Å². The van der Waals surface area contributed by atoms with E-state index in [4.69, 9.17) is 15.4 Å². The van der Waals surface area contributed by atoms with Gasteiger partial charge in [0.2, 0.25) is 0 Å². The van der Waals surface area contributed by atoms with Crippen LogP contribution >= 0.6 is 0 Å². The predicted octanol–water partition coefficient (Wildman–Crippen LogP) is -1.90. The van der Waals surface area contributed by atoms with Gasteiger partial charge in [-0.05, 0) is 5.53 Å². The second-order valence-electron chi connectivity index (χ2n) is 2.92. The number of aliphatic hydroxyl groups excluding tert-OH is 4. The van der Waals surface area contributed by atoms with E-state index in [1.54, 1.807) is 0 Å². The minimum Gasteiger partial charge on any atom is -0.394 e. The summed E-state index contributed by atoms with van der Waals surface area (Å²) >= 11 is 0. The highest BCUT2D eigenvalue weighted by Crippen LogP contribution is 2.21. The molecule has 0 amide bonds. The summed E-state index contributed by atoms with van der Waals surface area (Å²) in [6, 6.07) is 0. The van der Waals surface area contributed by atoms with E-state index < -0.39 is 37.3 Å². The fourth-order valence-corrected chi connectivity index (χ4v) is 1.23. The lowest BCUT2D eigenvalue weighted by Crippen LogP contribution is -2.57. The Bertz CT molecular complexity index is 242. The quantitative estimate of drug-likeness (QED) is 0.237. The van der Waals surface area contributed by atoms with Crippen molar-refractivity contribution >= 4 is 0 Å². The van der Waals surface area contributed by atoms with Crippen LogP contribution in [-0.4, -0.2) is 57.7 Å². The first-order chi connectivity index (χ1) is 6.61. The van der Waals surface area contributed by atoms with E-state index in [0.29, 0.717) is 0 Å². The zero-order valence-corrected chi connectivity index (χ0v) is 7.13. The number of azide groups is 1. The summed E-state index contributed by atoms with van der Waals surface area (Å²) in [6.07, 6.45) is -6.76. The lowest BCUT2D eigenvalue weighted by Gasteiger charge is -2.37. The van der Waals surface area contributed by atoms with Gasteiger partial charge >= 0.3 is 0 Å². The molecule has 0 radical (unpaired) electrons. The Morgan fingerprint density at radius 3 is 2.36 bits per heavy atom. The third-order valence-corrected chi connectivity index (χ3v) is 2.03. The van der Waals surface area contributed by atoms with Crippen molar-refractivity contribution in [2.75, 3.05) is 6.61 Å². The highest BCUT2D eigenvalue weighted by atomic mass is 16.6. The van der Waals surface area contributed by atoms with E-state index in [1.807, 2.05) is 0 Å². The average Bonchev–Trinajstić information content (AvgIpc) is 2.19. The maximum Gasteiger partial charge on any atom is 0.165 e. The number of ether oxygens (including phenoxy) is 1. The second kappa shape index (κ2) is 4.56. The van der Waals surface area contributed by atoms with Crippen molar-refractivity contribution in [2.45, 2.75) is 30.6 Å². The van der Waals surface area contributed by atoms with Gasteiger partial charge in [-0.25, -0.2) is 0 Å². The highest BCUT2D eigenvalue weighted by molar-refractivity contribution is 4.90. The van der Waals surface area contributed by atoms with Crippen LogP contribution in [-0.2, 0) is 4.74 Å². The lowest BCUT2D eigenvalue weighted by atomic mass is 9.99. The van der Waals surface area contributed by atoms with Crippen LogP contribution < -0.4 is 0 Å². The van der Waals surface area contributed by atoms with E-state index in [-0.39, 0.29) is 0 Å². The molecule has 1 rings (SSSR count). The Kier molecular flexibility index (Phi) is 3.64. The predicted molar refractivity (Wildman–Crippen MR) is 42.9 cm³/mol. The van der Waals surface area contributed by atoms with Crippen molar-refractivity contribution < 1.29 is 25.2 Å². The highest BCUT2D eigenvalue weighted by Gasteiger charge is 2.42. The fraction of sp³-hybridized carbons (Fsp3) is 1.00. The summed E-state index contributed by atoms with van der Waals surface area (Å²) in [6.45, 7) is -0.539. The fourth-order valence-electron chi connectivity index (χ4n) is 1.23. The molecule has 1 fully saturated rings. The maximum absolute atomic E-state index is 9.27. The van der Waals surface area contributed by atoms with Gasteiger partial charge in [0.25, 0.3) is 0 Å². The molecular formula is C6H11N3O5. The molecule has 0 unspecified atom stereocenters. The maximum atomic E-state index is 9.27. The van der Waals surface area contributed by atoms with Gasteiger partial charge in [-0.15, -0.1) is 0 Å². The van der Waals surface area contributed by atoms with E-state index in [2.05, 4.69) is 10.0 Å². The van der Waals surface area contributed by atoms with E-state index >= 15 is 0 Å². The number of nitrogens with zero attached hydrogens (tertiary/aromatic N) is 3. The molecular weight excluding hydrogens is 194 g/mol. The summed E-state index contributed by atoms with van der Waals surface area (Å²) in [5, 5.41) is 39.6. The van der Waals surface area contributed by atoms with Crippen LogP contribution in [0.1, 0.15) is 0 Å². The zero-order valence-electron chi connectivity index (χ0n) is 7.13. The molecule has 8 nitrogen and oxygen atoms in total. The molecule has 80 valence electrons. The van der Waals surface area contributed by atoms with E-state index in [1.165, 1.54) is 0 Å². The summed E-state index contributed by atoms with van der Waals surface area (Å²) < 4.78 is 4.84. The summed E-state index contributed by atoms with van der Waals surface area (Å²) in [4.78, 5) is 2.40. The smallest absolute Gasteiger partial charge is 0.165 e. The van der Waals surface area contributed by atoms with Crippen LogP contribution in [0.3, 0.4) is 0 Å². The molecule has 14 heavy (non-hydrogen) atoms. The first kappa shape index (κ1) is 11.2. The third-order valence-electron chi connectivity index (χ3n) is 2.03. The van der Waals surface area contributed by atoms with Gasteiger partial charge in [-0.2, -0.15) is 0 Å². The van der Waals surface area contributed by atoms with Crippen molar-refractivity contribution in [1.82, 2.24) is 0 Å². The van der Waals surface area contributed by atoms with Crippen LogP contribution in [0.2, 0.25) is 0 Å². The van der Waals surface area contributed by atoms with Gasteiger partial charge in [0, 0.05) is 4.91 Å². The van der Waals surface area contributed by atoms with Crippen molar-refractivity contribution in [3.05, 3.63) is 10.4 Å². The SMILES string of the molecule is [N-]=[N+]=N[C@@H]1O[C@H](CO)[C@H](O)[C@@H](O)[C@H]1O. The molecule has 0 aromatic heterocycles. The van der Waals surface area contributed by atoms with Gasteiger partial charge < -0.3 is 25.2 Å². The molecule has 1 aliphatic heterocycles.